The molecule has 2 aromatic carbocycles. The smallest absolute Gasteiger partial charge is 0.422 e. The number of nitrogens with two attached hydrogens (primary N) is 1. The Morgan fingerprint density at radius 3 is 2.64 bits per heavy atom. The van der Waals surface area contributed by atoms with Crippen molar-refractivity contribution in [2.75, 3.05) is 18.9 Å². The Morgan fingerprint density at radius 1 is 1.21 bits per heavy atom. The van der Waals surface area contributed by atoms with Crippen molar-refractivity contribution in [2.24, 2.45) is 0 Å². The Labute approximate surface area is 156 Å². The molecular weight excluding hydrogens is 382 g/mol. The Bertz CT molecular complexity index is 988. The van der Waals surface area contributed by atoms with E-state index in [1.165, 1.54) is 28.9 Å². The summed E-state index contributed by atoms with van der Waals surface area (Å²) < 4.78 is 58.1. The third-order valence-corrected chi connectivity index (χ3v) is 4.03. The van der Waals surface area contributed by atoms with Gasteiger partial charge in [0, 0.05) is 5.39 Å². The summed E-state index contributed by atoms with van der Waals surface area (Å²) in [7, 11) is 0. The number of anilines is 1. The van der Waals surface area contributed by atoms with E-state index in [0.717, 1.165) is 6.07 Å². The highest BCUT2D eigenvalue weighted by Crippen LogP contribution is 2.36. The molecule has 0 bridgehead atoms. The van der Waals surface area contributed by atoms with E-state index < -0.39 is 31.3 Å². The van der Waals surface area contributed by atoms with Crippen LogP contribution in [0.1, 0.15) is 0 Å². The van der Waals surface area contributed by atoms with E-state index in [0.29, 0.717) is 10.9 Å². The zero-order valence-electron chi connectivity index (χ0n) is 14.4. The second-order valence-electron chi connectivity index (χ2n) is 6.15. The monoisotopic (exact) mass is 399 g/mol. The molecule has 1 aromatic heterocycles. The minimum Gasteiger partial charge on any atom is -0.483 e. The summed E-state index contributed by atoms with van der Waals surface area (Å²) in [6.07, 6.45) is -5.66. The number of rotatable bonds is 6. The first-order chi connectivity index (χ1) is 13.2. The van der Waals surface area contributed by atoms with Gasteiger partial charge >= 0.3 is 6.18 Å². The van der Waals surface area contributed by atoms with Gasteiger partial charge in [-0.3, -0.25) is 4.68 Å². The molecule has 3 rings (SSSR count). The van der Waals surface area contributed by atoms with Gasteiger partial charge in [-0.2, -0.15) is 18.3 Å². The lowest BCUT2D eigenvalue weighted by atomic mass is 10.0. The lowest BCUT2D eigenvalue weighted by molar-refractivity contribution is -0.153. The quantitative estimate of drug-likeness (QED) is 0.555. The van der Waals surface area contributed by atoms with Gasteiger partial charge in [0.1, 0.15) is 11.6 Å². The van der Waals surface area contributed by atoms with Gasteiger partial charge in [-0.1, -0.05) is 12.1 Å². The second kappa shape index (κ2) is 7.64. The fourth-order valence-corrected chi connectivity index (χ4v) is 2.82. The lowest BCUT2D eigenvalue weighted by Crippen LogP contribution is -2.20. The maximum Gasteiger partial charge on any atom is 0.422 e. The highest BCUT2D eigenvalue weighted by Gasteiger charge is 2.29. The molecule has 0 amide bonds. The summed E-state index contributed by atoms with van der Waals surface area (Å²) in [6, 6.07) is 8.14. The van der Waals surface area contributed by atoms with Crippen molar-refractivity contribution in [2.45, 2.75) is 18.8 Å². The molecule has 0 aliphatic heterocycles. The van der Waals surface area contributed by atoms with Crippen LogP contribution in [0.15, 0.2) is 36.4 Å². The third kappa shape index (κ3) is 4.18. The molecule has 28 heavy (non-hydrogen) atoms. The van der Waals surface area contributed by atoms with Crippen molar-refractivity contribution in [1.29, 1.82) is 0 Å². The van der Waals surface area contributed by atoms with Gasteiger partial charge < -0.3 is 20.7 Å². The maximum absolute atomic E-state index is 14.4. The normalized spacial score (nSPS) is 13.1. The van der Waals surface area contributed by atoms with Crippen LogP contribution in [0.3, 0.4) is 0 Å². The molecule has 3 aromatic rings. The van der Waals surface area contributed by atoms with Crippen LogP contribution in [0.4, 0.5) is 23.4 Å². The molecule has 1 heterocycles. The number of aromatic nitrogens is 2. The van der Waals surface area contributed by atoms with Crippen molar-refractivity contribution >= 4 is 16.7 Å². The van der Waals surface area contributed by atoms with Crippen LogP contribution in [0.25, 0.3) is 22.0 Å². The van der Waals surface area contributed by atoms with Crippen LogP contribution in [-0.2, 0) is 6.54 Å². The fourth-order valence-electron chi connectivity index (χ4n) is 2.82. The SMILES string of the molecule is Nc1nn(CC(O)CO)c2cc(-c3c(F)cccc3OCC(F)(F)F)ccc12. The highest BCUT2D eigenvalue weighted by molar-refractivity contribution is 5.93. The van der Waals surface area contributed by atoms with E-state index in [-0.39, 0.29) is 29.2 Å². The predicted molar refractivity (Wildman–Crippen MR) is 94.2 cm³/mol. The van der Waals surface area contributed by atoms with Crippen molar-refractivity contribution in [1.82, 2.24) is 9.78 Å². The number of ether oxygens (including phenoxy) is 1. The van der Waals surface area contributed by atoms with Crippen LogP contribution in [0.5, 0.6) is 5.75 Å². The first-order valence-electron chi connectivity index (χ1n) is 8.23. The molecule has 4 N–H and O–H groups in total. The standard InChI is InChI=1S/C18H17F4N3O3/c19-13-2-1-3-15(28-9-18(20,21)22)16(13)10-4-5-12-14(6-10)25(24-17(12)23)7-11(27)8-26/h1-6,11,26-27H,7-9H2,(H2,23,24). The largest absolute Gasteiger partial charge is 0.483 e. The zero-order valence-corrected chi connectivity index (χ0v) is 14.4. The van der Waals surface area contributed by atoms with E-state index in [2.05, 4.69) is 5.10 Å². The summed E-state index contributed by atoms with van der Waals surface area (Å²) in [5.74, 6) is -0.853. The molecule has 150 valence electrons. The van der Waals surface area contributed by atoms with Gasteiger partial charge in [0.05, 0.1) is 30.3 Å². The van der Waals surface area contributed by atoms with Crippen LogP contribution in [0, 0.1) is 5.82 Å². The van der Waals surface area contributed by atoms with Crippen LogP contribution in [-0.4, -0.2) is 45.5 Å². The van der Waals surface area contributed by atoms with Gasteiger partial charge in [-0.05, 0) is 29.8 Å². The van der Waals surface area contributed by atoms with Gasteiger partial charge in [0.15, 0.2) is 12.4 Å². The van der Waals surface area contributed by atoms with Crippen LogP contribution >= 0.6 is 0 Å². The number of aliphatic hydroxyl groups is 2. The second-order valence-corrected chi connectivity index (χ2v) is 6.15. The molecule has 0 saturated heterocycles. The predicted octanol–water partition coefficient (Wildman–Crippen LogP) is 2.72. The number of nitrogens with zero attached hydrogens (tertiary/aromatic N) is 2. The highest BCUT2D eigenvalue weighted by atomic mass is 19.4. The molecule has 6 nitrogen and oxygen atoms in total. The Kier molecular flexibility index (Phi) is 5.43. The number of halogens is 4. The Balaban J connectivity index is 2.08. The molecule has 10 heteroatoms. The first kappa shape index (κ1) is 19.9. The fraction of sp³-hybridized carbons (Fsp3) is 0.278. The van der Waals surface area contributed by atoms with Crippen LogP contribution < -0.4 is 10.5 Å². The maximum atomic E-state index is 14.4. The first-order valence-corrected chi connectivity index (χ1v) is 8.23. The summed E-state index contributed by atoms with van der Waals surface area (Å²) in [5.41, 5.74) is 6.38. The Hall–Kier alpha value is -2.85. The minimum atomic E-state index is -4.57. The summed E-state index contributed by atoms with van der Waals surface area (Å²) >= 11 is 0. The summed E-state index contributed by atoms with van der Waals surface area (Å²) in [5, 5.41) is 23.3. The van der Waals surface area contributed by atoms with Crippen LogP contribution in [0.2, 0.25) is 0 Å². The number of nitrogen functional groups attached to an aromatic ring is 1. The topological polar surface area (TPSA) is 93.5 Å². The number of alkyl halides is 3. The number of benzene rings is 2. The molecule has 0 radical (unpaired) electrons. The minimum absolute atomic E-state index is 0.0671. The van der Waals surface area contributed by atoms with Crippen molar-refractivity contribution in [3.63, 3.8) is 0 Å². The number of hydrogen-bond donors (Lipinski definition) is 3. The number of fused-ring (bicyclic) bond motifs is 1. The van der Waals surface area contributed by atoms with E-state index >= 15 is 0 Å². The summed E-state index contributed by atoms with van der Waals surface area (Å²) in [6.45, 7) is -2.12. The average Bonchev–Trinajstić information content (AvgIpc) is 2.94. The Morgan fingerprint density at radius 2 is 1.96 bits per heavy atom. The molecular formula is C18H17F4N3O3. The molecule has 0 fully saturated rings. The van der Waals surface area contributed by atoms with Crippen molar-refractivity contribution in [3.8, 4) is 16.9 Å². The van der Waals surface area contributed by atoms with Crippen molar-refractivity contribution < 1.29 is 32.5 Å². The van der Waals surface area contributed by atoms with Gasteiger partial charge in [-0.15, -0.1) is 0 Å². The average molecular weight is 399 g/mol. The number of hydrogen-bond acceptors (Lipinski definition) is 5. The lowest BCUT2D eigenvalue weighted by Gasteiger charge is -2.14. The van der Waals surface area contributed by atoms with Gasteiger partial charge in [0.25, 0.3) is 0 Å². The molecule has 1 atom stereocenters. The third-order valence-electron chi connectivity index (χ3n) is 4.03. The molecule has 0 spiro atoms. The van der Waals surface area contributed by atoms with E-state index in [9.17, 15) is 22.7 Å². The van der Waals surface area contributed by atoms with E-state index in [4.69, 9.17) is 15.6 Å². The molecule has 0 aliphatic rings. The molecule has 0 saturated carbocycles. The number of aliphatic hydroxyl groups excluding tert-OH is 2. The molecule has 0 aliphatic carbocycles. The van der Waals surface area contributed by atoms with Crippen molar-refractivity contribution in [3.05, 3.63) is 42.2 Å². The van der Waals surface area contributed by atoms with E-state index in [1.807, 2.05) is 0 Å². The van der Waals surface area contributed by atoms with Gasteiger partial charge in [0.2, 0.25) is 0 Å². The summed E-state index contributed by atoms with van der Waals surface area (Å²) in [4.78, 5) is 0. The zero-order chi connectivity index (χ0) is 20.5. The van der Waals surface area contributed by atoms with E-state index in [1.54, 1.807) is 6.07 Å². The molecule has 1 unspecified atom stereocenters. The van der Waals surface area contributed by atoms with Gasteiger partial charge in [-0.25, -0.2) is 4.39 Å².